The first kappa shape index (κ1) is 16.8. The molecule has 130 valence electrons. The number of fused-ring (bicyclic) bond motifs is 1. The van der Waals surface area contributed by atoms with Crippen LogP contribution in [0.3, 0.4) is 0 Å². The fraction of sp³-hybridized carbons (Fsp3) is 0.294. The van der Waals surface area contributed by atoms with Crippen molar-refractivity contribution in [2.75, 3.05) is 17.2 Å². The van der Waals surface area contributed by atoms with Crippen molar-refractivity contribution in [3.63, 3.8) is 0 Å². The average Bonchev–Trinajstić information content (AvgIpc) is 2.58. The highest BCUT2D eigenvalue weighted by Gasteiger charge is 2.13. The summed E-state index contributed by atoms with van der Waals surface area (Å²) in [6, 6.07) is 3.73. The third-order valence-electron chi connectivity index (χ3n) is 3.54. The minimum atomic E-state index is -0.187. The Bertz CT molecular complexity index is 924. The number of pyridine rings is 2. The monoisotopic (exact) mass is 340 g/mol. The van der Waals surface area contributed by atoms with Crippen molar-refractivity contribution in [3.8, 4) is 0 Å². The molecule has 0 bridgehead atoms. The molecule has 0 aromatic carbocycles. The summed E-state index contributed by atoms with van der Waals surface area (Å²) in [6.45, 7) is 4.10. The van der Waals surface area contributed by atoms with E-state index >= 15 is 0 Å². The van der Waals surface area contributed by atoms with E-state index in [4.69, 9.17) is 5.11 Å². The van der Waals surface area contributed by atoms with Crippen molar-refractivity contribution >= 4 is 28.2 Å². The van der Waals surface area contributed by atoms with Gasteiger partial charge in [0.25, 0.3) is 5.56 Å². The smallest absolute Gasteiger partial charge is 0.262 e. The quantitative estimate of drug-likeness (QED) is 0.628. The lowest BCUT2D eigenvalue weighted by atomic mass is 10.2. The third kappa shape index (κ3) is 3.74. The zero-order chi connectivity index (χ0) is 17.8. The molecule has 0 aliphatic carbocycles. The minimum Gasteiger partial charge on any atom is -0.395 e. The van der Waals surface area contributed by atoms with Gasteiger partial charge >= 0.3 is 0 Å². The topological polar surface area (TPSA) is 105 Å². The number of aliphatic hydroxyl groups excluding tert-OH is 1. The molecule has 3 heterocycles. The zero-order valence-electron chi connectivity index (χ0n) is 14.1. The van der Waals surface area contributed by atoms with Crippen molar-refractivity contribution in [1.82, 2.24) is 19.5 Å². The molecule has 0 atom stereocenters. The van der Waals surface area contributed by atoms with Gasteiger partial charge in [0.1, 0.15) is 17.5 Å². The van der Waals surface area contributed by atoms with E-state index in [-0.39, 0.29) is 24.8 Å². The summed E-state index contributed by atoms with van der Waals surface area (Å²) in [7, 11) is 0. The summed E-state index contributed by atoms with van der Waals surface area (Å²) in [6.07, 6.45) is 6.45. The molecule has 3 aromatic heterocycles. The van der Waals surface area contributed by atoms with Gasteiger partial charge in [-0.15, -0.1) is 0 Å². The highest BCUT2D eigenvalue weighted by Crippen LogP contribution is 2.24. The van der Waals surface area contributed by atoms with E-state index < -0.39 is 0 Å². The molecule has 0 spiro atoms. The van der Waals surface area contributed by atoms with E-state index in [1.54, 1.807) is 30.9 Å². The second-order valence-electron chi connectivity index (χ2n) is 5.87. The van der Waals surface area contributed by atoms with Gasteiger partial charge < -0.3 is 20.3 Å². The van der Waals surface area contributed by atoms with E-state index in [1.165, 1.54) is 4.57 Å². The van der Waals surface area contributed by atoms with Crippen LogP contribution >= 0.6 is 0 Å². The Morgan fingerprint density at radius 1 is 1.28 bits per heavy atom. The first-order chi connectivity index (χ1) is 12.1. The Balaban J connectivity index is 2.12. The van der Waals surface area contributed by atoms with Crippen LogP contribution < -0.4 is 16.2 Å². The van der Waals surface area contributed by atoms with Crippen molar-refractivity contribution in [2.24, 2.45) is 0 Å². The van der Waals surface area contributed by atoms with Crippen molar-refractivity contribution in [1.29, 1.82) is 0 Å². The molecule has 0 radical (unpaired) electrons. The molecule has 0 aliphatic heterocycles. The third-order valence-corrected chi connectivity index (χ3v) is 3.54. The summed E-state index contributed by atoms with van der Waals surface area (Å²) in [5.41, 5.74) is -0.187. The van der Waals surface area contributed by atoms with Gasteiger partial charge in [-0.05, 0) is 31.4 Å². The zero-order valence-corrected chi connectivity index (χ0v) is 14.1. The van der Waals surface area contributed by atoms with Crippen molar-refractivity contribution in [2.45, 2.75) is 26.4 Å². The summed E-state index contributed by atoms with van der Waals surface area (Å²) in [5, 5.41) is 16.7. The summed E-state index contributed by atoms with van der Waals surface area (Å²) in [5.74, 6) is 1.63. The molecule has 0 saturated heterocycles. The molecule has 25 heavy (non-hydrogen) atoms. The molecule has 0 amide bonds. The average molecular weight is 340 g/mol. The van der Waals surface area contributed by atoms with Gasteiger partial charge in [0, 0.05) is 31.2 Å². The lowest BCUT2D eigenvalue weighted by Gasteiger charge is -2.15. The normalized spacial score (nSPS) is 11.0. The summed E-state index contributed by atoms with van der Waals surface area (Å²) < 4.78 is 1.48. The molecule has 3 N–H and O–H groups in total. The molecule has 0 unspecified atom stereocenters. The summed E-state index contributed by atoms with van der Waals surface area (Å²) >= 11 is 0. The van der Waals surface area contributed by atoms with Gasteiger partial charge in [-0.2, -0.15) is 0 Å². The van der Waals surface area contributed by atoms with Crippen LogP contribution in [0, 0.1) is 0 Å². The number of rotatable bonds is 6. The molecule has 3 rings (SSSR count). The highest BCUT2D eigenvalue weighted by atomic mass is 16.3. The van der Waals surface area contributed by atoms with Gasteiger partial charge in [0.05, 0.1) is 18.2 Å². The van der Waals surface area contributed by atoms with Gasteiger partial charge in [-0.1, -0.05) is 0 Å². The molecule has 0 fully saturated rings. The fourth-order valence-electron chi connectivity index (χ4n) is 2.52. The lowest BCUT2D eigenvalue weighted by molar-refractivity contribution is 0.274. The maximum atomic E-state index is 12.7. The second-order valence-corrected chi connectivity index (χ2v) is 5.87. The SMILES string of the molecule is CC(C)Nc1nc(Nc2cnccn2)cc2ccn(CCO)c(=O)c12. The number of nitrogens with zero attached hydrogens (tertiary/aromatic N) is 4. The van der Waals surface area contributed by atoms with Gasteiger partial charge in [-0.3, -0.25) is 9.78 Å². The van der Waals surface area contributed by atoms with Crippen LogP contribution in [0.1, 0.15) is 13.8 Å². The molecule has 8 nitrogen and oxygen atoms in total. The standard InChI is InChI=1S/C17H20N6O2/c1-11(2)20-16-15-12(3-6-23(7-8-24)17(15)25)9-13(22-16)21-14-10-18-4-5-19-14/h3-6,9-11,24H,7-8H2,1-2H3,(H2,19,20,21,22). The molecule has 0 saturated carbocycles. The number of hydrogen-bond donors (Lipinski definition) is 3. The Morgan fingerprint density at radius 2 is 2.12 bits per heavy atom. The van der Waals surface area contributed by atoms with Crippen LogP contribution in [-0.2, 0) is 6.54 Å². The van der Waals surface area contributed by atoms with Crippen LogP contribution in [0.4, 0.5) is 17.5 Å². The lowest BCUT2D eigenvalue weighted by Crippen LogP contribution is -2.23. The number of aliphatic hydroxyl groups is 1. The maximum absolute atomic E-state index is 12.7. The van der Waals surface area contributed by atoms with Gasteiger partial charge in [0.2, 0.25) is 0 Å². The highest BCUT2D eigenvalue weighted by molar-refractivity contribution is 5.93. The van der Waals surface area contributed by atoms with Crippen molar-refractivity contribution < 1.29 is 5.11 Å². The van der Waals surface area contributed by atoms with Crippen LogP contribution in [0.15, 0.2) is 41.7 Å². The number of nitrogens with one attached hydrogen (secondary N) is 2. The largest absolute Gasteiger partial charge is 0.395 e. The predicted molar refractivity (Wildman–Crippen MR) is 97.2 cm³/mol. The molecule has 3 aromatic rings. The Hall–Kier alpha value is -3.00. The maximum Gasteiger partial charge on any atom is 0.262 e. The number of hydrogen-bond acceptors (Lipinski definition) is 7. The number of anilines is 3. The Kier molecular flexibility index (Phi) is 4.90. The molecular weight excluding hydrogens is 320 g/mol. The van der Waals surface area contributed by atoms with E-state index in [2.05, 4.69) is 25.6 Å². The molecule has 0 aliphatic rings. The van der Waals surface area contributed by atoms with Crippen LogP contribution in [-0.4, -0.2) is 37.3 Å². The summed E-state index contributed by atoms with van der Waals surface area (Å²) in [4.78, 5) is 25.4. The minimum absolute atomic E-state index is 0.0991. The van der Waals surface area contributed by atoms with Crippen molar-refractivity contribution in [3.05, 3.63) is 47.3 Å². The first-order valence-electron chi connectivity index (χ1n) is 8.03. The predicted octanol–water partition coefficient (Wildman–Crippen LogP) is 1.74. The fourth-order valence-corrected chi connectivity index (χ4v) is 2.52. The van der Waals surface area contributed by atoms with E-state index in [9.17, 15) is 4.79 Å². The molecular formula is C17H20N6O2. The van der Waals surface area contributed by atoms with Crippen LogP contribution in [0.25, 0.3) is 10.8 Å². The van der Waals surface area contributed by atoms with E-state index in [0.29, 0.717) is 22.8 Å². The first-order valence-corrected chi connectivity index (χ1v) is 8.03. The van der Waals surface area contributed by atoms with Crippen LogP contribution in [0.2, 0.25) is 0 Å². The Labute approximate surface area is 144 Å². The number of aromatic nitrogens is 4. The molecule has 8 heteroatoms. The van der Waals surface area contributed by atoms with E-state index in [1.807, 2.05) is 19.9 Å². The van der Waals surface area contributed by atoms with Crippen LogP contribution in [0.5, 0.6) is 0 Å². The van der Waals surface area contributed by atoms with Gasteiger partial charge in [-0.25, -0.2) is 9.97 Å². The van der Waals surface area contributed by atoms with E-state index in [0.717, 1.165) is 5.39 Å². The van der Waals surface area contributed by atoms with Gasteiger partial charge in [0.15, 0.2) is 0 Å². The Morgan fingerprint density at radius 3 is 2.80 bits per heavy atom. The second kappa shape index (κ2) is 7.27.